The Bertz CT molecular complexity index is 2180. The van der Waals surface area contributed by atoms with Crippen molar-refractivity contribution < 1.29 is 15.8 Å². The molecule has 1 heterocycles. The minimum Gasteiger partial charge on any atom is -1.00 e. The van der Waals surface area contributed by atoms with E-state index in [9.17, 15) is 9.59 Å². The fourth-order valence-electron chi connectivity index (χ4n) is 6.69. The zero-order valence-electron chi connectivity index (χ0n) is 29.5. The molecular formula is C46H38NO3P. The lowest BCUT2D eigenvalue weighted by molar-refractivity contribution is 0.0926. The molecule has 0 unspecified atom stereocenters. The molecule has 0 spiro atoms. The van der Waals surface area contributed by atoms with Gasteiger partial charge in [0.25, 0.3) is 11.8 Å². The molecule has 4 nitrogen and oxygen atoms in total. The van der Waals surface area contributed by atoms with Crippen molar-refractivity contribution >= 4 is 46.0 Å². The molecule has 5 heteroatoms. The van der Waals surface area contributed by atoms with E-state index in [0.29, 0.717) is 28.3 Å². The van der Waals surface area contributed by atoms with Gasteiger partial charge in [-0.1, -0.05) is 117 Å². The van der Waals surface area contributed by atoms with Crippen molar-refractivity contribution in [3.8, 4) is 22.6 Å². The largest absolute Gasteiger partial charge is 1.00 e. The summed E-state index contributed by atoms with van der Waals surface area (Å²) in [6.07, 6.45) is 0. The normalized spacial score (nSPS) is 12.2. The van der Waals surface area contributed by atoms with E-state index < -0.39 is 7.26 Å². The summed E-state index contributed by atoms with van der Waals surface area (Å²) < 4.78 is 6.15. The van der Waals surface area contributed by atoms with Crippen LogP contribution in [0, 0.1) is 0 Å². The number of hydrogen-bond donors (Lipinski definition) is 0. The van der Waals surface area contributed by atoms with Gasteiger partial charge in [-0.2, -0.15) is 0 Å². The van der Waals surface area contributed by atoms with Gasteiger partial charge in [-0.15, -0.1) is 0 Å². The summed E-state index contributed by atoms with van der Waals surface area (Å²) in [5.41, 5.74) is 3.42. The lowest BCUT2D eigenvalue weighted by atomic mass is 10.1. The minimum absolute atomic E-state index is 0. The smallest absolute Gasteiger partial charge is 0.266 e. The van der Waals surface area contributed by atoms with Crippen LogP contribution in [0.4, 0.5) is 5.69 Å². The van der Waals surface area contributed by atoms with E-state index in [0.717, 1.165) is 16.4 Å². The van der Waals surface area contributed by atoms with Gasteiger partial charge in [0.1, 0.15) is 40.0 Å². The number of imide groups is 1. The molecule has 0 aromatic heterocycles. The first-order valence-corrected chi connectivity index (χ1v) is 18.9. The van der Waals surface area contributed by atoms with E-state index in [1.165, 1.54) is 20.8 Å². The molecule has 0 saturated carbocycles. The van der Waals surface area contributed by atoms with Gasteiger partial charge in [0.15, 0.2) is 0 Å². The standard InChI is InChI=1S/C44H31NO3P.C2H6.H/c46-43-41-29-28-36(48-35-26-24-33(25-27-35)32-14-5-1-6-15-32)31-42(41)44(47)45(43)34-16-13-23-40(30-34)49(37-17-7-2-8-18-37,38-19-9-3-10-20-38)39-21-11-4-12-22-39;1-2;/h1-31H;1-2H3;/q+1;;-1/i;;1+2. The summed E-state index contributed by atoms with van der Waals surface area (Å²) in [6, 6.07) is 62.6. The molecular weight excluding hydrogens is 645 g/mol. The highest BCUT2D eigenvalue weighted by atomic mass is 31.2. The number of ether oxygens (including phenoxy) is 1. The number of fused-ring (bicyclic) bond motifs is 1. The number of rotatable bonds is 8. The lowest BCUT2D eigenvalue weighted by Crippen LogP contribution is -2.39. The van der Waals surface area contributed by atoms with Crippen LogP contribution < -0.4 is 30.9 Å². The molecule has 7 aromatic carbocycles. The van der Waals surface area contributed by atoms with E-state index >= 15 is 0 Å². The van der Waals surface area contributed by atoms with E-state index in [4.69, 9.17) is 4.74 Å². The molecule has 0 atom stereocenters. The monoisotopic (exact) mass is 685 g/mol. The fraction of sp³-hybridized carbons (Fsp3) is 0.0435. The maximum Gasteiger partial charge on any atom is 0.266 e. The highest BCUT2D eigenvalue weighted by molar-refractivity contribution is 8.01. The lowest BCUT2D eigenvalue weighted by Gasteiger charge is -2.28. The highest BCUT2D eigenvalue weighted by Crippen LogP contribution is 2.54. The van der Waals surface area contributed by atoms with Crippen molar-refractivity contribution in [2.45, 2.75) is 13.8 Å². The topological polar surface area (TPSA) is 46.6 Å². The number of carbonyl (C=O) groups excluding carboxylic acids is 2. The number of benzene rings is 7. The first-order valence-electron chi connectivity index (χ1n) is 17.2. The SMILES string of the molecule is CC.O=C1c2ccc(Oc3ccc(-c4ccccc4)cc3)cc2C(=O)N1c1cccc([P+](c2ccccc2)(c2ccccc2)c2ccccc2)c1.[3H-]. The van der Waals surface area contributed by atoms with Gasteiger partial charge < -0.3 is 6.16 Å². The average molecular weight is 686 g/mol. The van der Waals surface area contributed by atoms with Gasteiger partial charge in [0.05, 0.1) is 16.8 Å². The summed E-state index contributed by atoms with van der Waals surface area (Å²) in [5.74, 6) is 0.415. The number of carbonyl (C=O) groups is 2. The third kappa shape index (κ3) is 6.27. The van der Waals surface area contributed by atoms with E-state index in [-0.39, 0.29) is 13.2 Å². The van der Waals surface area contributed by atoms with Crippen LogP contribution in [-0.2, 0) is 0 Å². The molecule has 0 N–H and O–H groups in total. The third-order valence-corrected chi connectivity index (χ3v) is 13.2. The van der Waals surface area contributed by atoms with Gasteiger partial charge in [0.2, 0.25) is 0 Å². The Kier molecular flexibility index (Phi) is 9.70. The Morgan fingerprint density at radius 1 is 0.431 bits per heavy atom. The summed E-state index contributed by atoms with van der Waals surface area (Å²) >= 11 is 0. The quantitative estimate of drug-likeness (QED) is 0.118. The van der Waals surface area contributed by atoms with E-state index in [2.05, 4.69) is 91.0 Å². The number of anilines is 1. The molecule has 0 aliphatic carbocycles. The van der Waals surface area contributed by atoms with Crippen LogP contribution in [0.2, 0.25) is 0 Å². The molecule has 1 aliphatic rings. The Morgan fingerprint density at radius 3 is 1.43 bits per heavy atom. The summed E-state index contributed by atoms with van der Waals surface area (Å²) in [4.78, 5) is 29.2. The van der Waals surface area contributed by atoms with Gasteiger partial charge in [0, 0.05) is 6.07 Å². The first-order chi connectivity index (χ1) is 25.1. The summed E-state index contributed by atoms with van der Waals surface area (Å²) in [5, 5.41) is 4.61. The van der Waals surface area contributed by atoms with Crippen LogP contribution in [0.3, 0.4) is 0 Å². The highest BCUT2D eigenvalue weighted by Gasteiger charge is 2.48. The molecule has 0 saturated heterocycles. The number of hydrogen-bond acceptors (Lipinski definition) is 3. The van der Waals surface area contributed by atoms with Crippen LogP contribution >= 0.6 is 7.26 Å². The average Bonchev–Trinajstić information content (AvgIpc) is 3.46. The van der Waals surface area contributed by atoms with Gasteiger partial charge in [-0.25, -0.2) is 4.90 Å². The second kappa shape index (κ2) is 14.8. The summed E-state index contributed by atoms with van der Waals surface area (Å²) in [6.45, 7) is 4.00. The molecule has 0 radical (unpaired) electrons. The number of nitrogens with zero attached hydrogens (tertiary/aromatic N) is 1. The molecule has 8 rings (SSSR count). The van der Waals surface area contributed by atoms with Gasteiger partial charge in [-0.05, 0) is 90.0 Å². The van der Waals surface area contributed by atoms with Crippen molar-refractivity contribution in [1.82, 2.24) is 0 Å². The predicted molar refractivity (Wildman–Crippen MR) is 213 cm³/mol. The van der Waals surface area contributed by atoms with Crippen molar-refractivity contribution in [1.29, 1.82) is 0 Å². The van der Waals surface area contributed by atoms with Gasteiger partial charge >= 0.3 is 0 Å². The summed E-state index contributed by atoms with van der Waals surface area (Å²) in [7, 11) is -2.43. The van der Waals surface area contributed by atoms with Crippen LogP contribution in [-0.4, -0.2) is 11.8 Å². The second-order valence-corrected chi connectivity index (χ2v) is 15.3. The maximum absolute atomic E-state index is 14.0. The van der Waals surface area contributed by atoms with Crippen LogP contribution in [0.25, 0.3) is 11.1 Å². The van der Waals surface area contributed by atoms with E-state index in [1.807, 2.05) is 92.7 Å². The van der Waals surface area contributed by atoms with Crippen LogP contribution in [0.15, 0.2) is 188 Å². The third-order valence-electron chi connectivity index (χ3n) is 8.96. The second-order valence-electron chi connectivity index (χ2n) is 11.8. The van der Waals surface area contributed by atoms with Crippen molar-refractivity contribution in [3.63, 3.8) is 0 Å². The molecule has 0 fully saturated rings. The molecule has 2 amide bonds. The maximum atomic E-state index is 14.0. The Labute approximate surface area is 301 Å². The minimum atomic E-state index is -2.43. The van der Waals surface area contributed by atoms with Crippen molar-refractivity contribution in [2.24, 2.45) is 0 Å². The number of amides is 2. The van der Waals surface area contributed by atoms with Gasteiger partial charge in [-0.3, -0.25) is 9.59 Å². The molecule has 7 aromatic rings. The predicted octanol–water partition coefficient (Wildman–Crippen LogP) is 9.70. The van der Waals surface area contributed by atoms with E-state index in [1.54, 1.807) is 18.2 Å². The van der Waals surface area contributed by atoms with Crippen LogP contribution in [0.1, 0.15) is 36.0 Å². The fourth-order valence-corrected chi connectivity index (χ4v) is 11.0. The van der Waals surface area contributed by atoms with Crippen molar-refractivity contribution in [3.05, 3.63) is 199 Å². The van der Waals surface area contributed by atoms with Crippen molar-refractivity contribution in [2.75, 3.05) is 4.90 Å². The zero-order chi connectivity index (χ0) is 35.2. The molecule has 250 valence electrons. The van der Waals surface area contributed by atoms with Crippen LogP contribution in [0.5, 0.6) is 11.5 Å². The molecule has 0 bridgehead atoms. The molecule has 51 heavy (non-hydrogen) atoms. The first kappa shape index (κ1) is 33.4. The zero-order valence-corrected chi connectivity index (χ0v) is 29.4. The Balaban J connectivity index is 0.00000152. The molecule has 1 aliphatic heterocycles. The Morgan fingerprint density at radius 2 is 0.882 bits per heavy atom. The Hall–Kier alpha value is -6.09.